The zero-order valence-electron chi connectivity index (χ0n) is 21.8. The van der Waals surface area contributed by atoms with Gasteiger partial charge in [0, 0.05) is 16.5 Å². The first-order valence-electron chi connectivity index (χ1n) is 13.4. The molecule has 0 saturated carbocycles. The molecule has 1 atom stereocenters. The minimum absolute atomic E-state index is 0.378. The van der Waals surface area contributed by atoms with Crippen molar-refractivity contribution in [1.82, 2.24) is 0 Å². The molecule has 7 rings (SSSR count). The monoisotopic (exact) mass is 500 g/mol. The van der Waals surface area contributed by atoms with Gasteiger partial charge in [-0.05, 0) is 57.7 Å². The van der Waals surface area contributed by atoms with Gasteiger partial charge in [0.2, 0.25) is 0 Å². The summed E-state index contributed by atoms with van der Waals surface area (Å²) >= 11 is 0. The van der Waals surface area contributed by atoms with Gasteiger partial charge in [-0.15, -0.1) is 0 Å². The standard InChI is InChI=1S/C38H28O/c1-38(33-23-20-30(21-24-33)28-12-6-3-7-13-28)26-36(32-18-16-29(17-19-32)27-10-4-2-5-11-27)39-35-25-22-31-14-8-9-15-34(31)37(35)38/h2-26H,1H3. The van der Waals surface area contributed by atoms with E-state index in [1.54, 1.807) is 0 Å². The number of allylic oxidation sites excluding steroid dienone is 1. The van der Waals surface area contributed by atoms with Gasteiger partial charge in [-0.2, -0.15) is 0 Å². The quantitative estimate of drug-likeness (QED) is 0.234. The molecule has 0 fully saturated rings. The predicted octanol–water partition coefficient (Wildman–Crippen LogP) is 9.91. The molecule has 186 valence electrons. The van der Waals surface area contributed by atoms with Crippen LogP contribution in [0.15, 0.2) is 152 Å². The van der Waals surface area contributed by atoms with E-state index < -0.39 is 0 Å². The molecule has 1 aliphatic rings. The molecule has 0 amide bonds. The van der Waals surface area contributed by atoms with E-state index >= 15 is 0 Å². The second-order valence-corrected chi connectivity index (χ2v) is 10.4. The van der Waals surface area contributed by atoms with Crippen LogP contribution in [-0.2, 0) is 5.41 Å². The molecule has 0 aliphatic carbocycles. The van der Waals surface area contributed by atoms with Crippen molar-refractivity contribution >= 4 is 16.5 Å². The maximum absolute atomic E-state index is 6.64. The molecular formula is C38H28O. The van der Waals surface area contributed by atoms with Crippen molar-refractivity contribution in [3.05, 3.63) is 168 Å². The Morgan fingerprint density at radius 2 is 0.974 bits per heavy atom. The Labute approximate surface area is 229 Å². The Hall–Kier alpha value is -4.88. The minimum atomic E-state index is -0.378. The van der Waals surface area contributed by atoms with Crippen LogP contribution in [0.1, 0.15) is 23.6 Å². The highest BCUT2D eigenvalue weighted by molar-refractivity contribution is 5.92. The van der Waals surface area contributed by atoms with Crippen molar-refractivity contribution in [1.29, 1.82) is 0 Å². The van der Waals surface area contributed by atoms with E-state index in [1.165, 1.54) is 44.2 Å². The Bertz CT molecular complexity index is 1800. The molecule has 0 bridgehead atoms. The molecule has 0 saturated heterocycles. The largest absolute Gasteiger partial charge is 0.457 e. The van der Waals surface area contributed by atoms with Crippen LogP contribution >= 0.6 is 0 Å². The van der Waals surface area contributed by atoms with Crippen LogP contribution in [0.3, 0.4) is 0 Å². The number of benzene rings is 6. The first kappa shape index (κ1) is 23.3. The number of hydrogen-bond donors (Lipinski definition) is 0. The van der Waals surface area contributed by atoms with E-state index in [1.807, 2.05) is 6.07 Å². The van der Waals surface area contributed by atoms with Gasteiger partial charge in [-0.3, -0.25) is 0 Å². The highest BCUT2D eigenvalue weighted by Crippen LogP contribution is 2.48. The number of fused-ring (bicyclic) bond motifs is 3. The van der Waals surface area contributed by atoms with Crippen molar-refractivity contribution < 1.29 is 4.74 Å². The van der Waals surface area contributed by atoms with Crippen LogP contribution in [0, 0.1) is 0 Å². The summed E-state index contributed by atoms with van der Waals surface area (Å²) < 4.78 is 6.64. The molecule has 1 heteroatoms. The Morgan fingerprint density at radius 3 is 1.62 bits per heavy atom. The first-order chi connectivity index (χ1) is 19.2. The van der Waals surface area contributed by atoms with Crippen LogP contribution in [0.2, 0.25) is 0 Å². The van der Waals surface area contributed by atoms with Crippen LogP contribution in [0.4, 0.5) is 0 Å². The van der Waals surface area contributed by atoms with Gasteiger partial charge in [0.25, 0.3) is 0 Å². The third-order valence-corrected chi connectivity index (χ3v) is 7.92. The molecule has 0 N–H and O–H groups in total. The summed E-state index contributed by atoms with van der Waals surface area (Å²) in [4.78, 5) is 0. The fourth-order valence-corrected chi connectivity index (χ4v) is 5.82. The molecular weight excluding hydrogens is 472 g/mol. The smallest absolute Gasteiger partial charge is 0.132 e. The lowest BCUT2D eigenvalue weighted by Crippen LogP contribution is -2.26. The molecule has 0 spiro atoms. The second-order valence-electron chi connectivity index (χ2n) is 10.4. The second kappa shape index (κ2) is 9.45. The van der Waals surface area contributed by atoms with Crippen LogP contribution in [-0.4, -0.2) is 0 Å². The Morgan fingerprint density at radius 1 is 0.462 bits per heavy atom. The van der Waals surface area contributed by atoms with E-state index in [9.17, 15) is 0 Å². The lowest BCUT2D eigenvalue weighted by atomic mass is 9.72. The van der Waals surface area contributed by atoms with Crippen molar-refractivity contribution in [3.63, 3.8) is 0 Å². The van der Waals surface area contributed by atoms with E-state index in [0.29, 0.717) is 0 Å². The average molecular weight is 501 g/mol. The molecule has 1 heterocycles. The molecule has 6 aromatic carbocycles. The van der Waals surface area contributed by atoms with Crippen LogP contribution in [0.25, 0.3) is 38.8 Å². The summed E-state index contributed by atoms with van der Waals surface area (Å²) in [5.41, 5.74) is 7.98. The highest BCUT2D eigenvalue weighted by Gasteiger charge is 2.36. The maximum atomic E-state index is 6.64. The topological polar surface area (TPSA) is 9.23 Å². The molecule has 0 aromatic heterocycles. The lowest BCUT2D eigenvalue weighted by molar-refractivity contribution is 0.472. The summed E-state index contributed by atoms with van der Waals surface area (Å²) in [7, 11) is 0. The van der Waals surface area contributed by atoms with Gasteiger partial charge in [-0.1, -0.05) is 140 Å². The van der Waals surface area contributed by atoms with Crippen LogP contribution < -0.4 is 4.74 Å². The summed E-state index contributed by atoms with van der Waals surface area (Å²) in [5, 5.41) is 2.44. The average Bonchev–Trinajstić information content (AvgIpc) is 3.02. The normalized spacial score (nSPS) is 16.3. The van der Waals surface area contributed by atoms with E-state index in [2.05, 4.69) is 153 Å². The highest BCUT2D eigenvalue weighted by atomic mass is 16.5. The number of hydrogen-bond acceptors (Lipinski definition) is 1. The fourth-order valence-electron chi connectivity index (χ4n) is 5.82. The Balaban J connectivity index is 1.36. The molecule has 1 aliphatic heterocycles. The van der Waals surface area contributed by atoms with Crippen molar-refractivity contribution in [2.24, 2.45) is 0 Å². The van der Waals surface area contributed by atoms with Crippen molar-refractivity contribution in [2.75, 3.05) is 0 Å². The van der Waals surface area contributed by atoms with E-state index in [4.69, 9.17) is 4.74 Å². The predicted molar refractivity (Wildman–Crippen MR) is 163 cm³/mol. The van der Waals surface area contributed by atoms with Gasteiger partial charge in [0.05, 0.1) is 0 Å². The molecule has 1 nitrogen and oxygen atoms in total. The zero-order chi connectivity index (χ0) is 26.2. The van der Waals surface area contributed by atoms with E-state index in [0.717, 1.165) is 17.1 Å². The van der Waals surface area contributed by atoms with Crippen molar-refractivity contribution in [2.45, 2.75) is 12.3 Å². The molecule has 0 radical (unpaired) electrons. The number of rotatable bonds is 4. The molecule has 1 unspecified atom stereocenters. The fraction of sp³-hybridized carbons (Fsp3) is 0.0526. The van der Waals surface area contributed by atoms with Gasteiger partial charge < -0.3 is 4.74 Å². The minimum Gasteiger partial charge on any atom is -0.457 e. The van der Waals surface area contributed by atoms with E-state index in [-0.39, 0.29) is 5.41 Å². The van der Waals surface area contributed by atoms with Crippen LogP contribution in [0.5, 0.6) is 5.75 Å². The van der Waals surface area contributed by atoms with Gasteiger partial charge in [0.1, 0.15) is 11.5 Å². The lowest BCUT2D eigenvalue weighted by Gasteiger charge is -2.35. The summed E-state index contributed by atoms with van der Waals surface area (Å²) in [6.45, 7) is 2.32. The van der Waals surface area contributed by atoms with Gasteiger partial charge in [0.15, 0.2) is 0 Å². The first-order valence-corrected chi connectivity index (χ1v) is 13.4. The molecule has 39 heavy (non-hydrogen) atoms. The summed E-state index contributed by atoms with van der Waals surface area (Å²) in [5.74, 6) is 1.79. The van der Waals surface area contributed by atoms with Gasteiger partial charge in [-0.25, -0.2) is 0 Å². The Kier molecular flexibility index (Phi) is 5.64. The molecule has 6 aromatic rings. The third kappa shape index (κ3) is 4.13. The maximum Gasteiger partial charge on any atom is 0.132 e. The van der Waals surface area contributed by atoms with Crippen molar-refractivity contribution in [3.8, 4) is 28.0 Å². The zero-order valence-corrected chi connectivity index (χ0v) is 21.8. The number of ether oxygens (including phenoxy) is 1. The third-order valence-electron chi connectivity index (χ3n) is 7.92. The SMILES string of the molecule is CC1(c2ccc(-c3ccccc3)cc2)C=C(c2ccc(-c3ccccc3)cc2)Oc2ccc3ccccc3c21. The van der Waals surface area contributed by atoms with Gasteiger partial charge >= 0.3 is 0 Å². The summed E-state index contributed by atoms with van der Waals surface area (Å²) in [6, 6.07) is 51.6. The summed E-state index contributed by atoms with van der Waals surface area (Å²) in [6.07, 6.45) is 2.30.